The van der Waals surface area contributed by atoms with E-state index in [4.69, 9.17) is 12.2 Å². The maximum absolute atomic E-state index is 5.38. The number of hydrogen-bond acceptors (Lipinski definition) is 2. The molecule has 0 aromatic carbocycles. The van der Waals surface area contributed by atoms with Gasteiger partial charge in [-0.25, -0.2) is 0 Å². The molecule has 1 aromatic heterocycles. The molecule has 1 fully saturated rings. The monoisotopic (exact) mass is 240 g/mol. The zero-order chi connectivity index (χ0) is 10.7. The molecule has 0 radical (unpaired) electrons. The third kappa shape index (κ3) is 3.18. The molecule has 1 N–H and O–H groups in total. The molecule has 0 spiro atoms. The van der Waals surface area contributed by atoms with Crippen LogP contribution in [0.2, 0.25) is 0 Å². The summed E-state index contributed by atoms with van der Waals surface area (Å²) < 4.78 is 0. The van der Waals surface area contributed by atoms with Crippen molar-refractivity contribution in [2.45, 2.75) is 32.4 Å². The number of nitrogens with zero attached hydrogens (tertiary/aromatic N) is 1. The number of rotatable bonds is 4. The van der Waals surface area contributed by atoms with Crippen LogP contribution >= 0.6 is 23.6 Å². The first-order valence-electron chi connectivity index (χ1n) is 5.37. The molecule has 4 heteroatoms. The highest BCUT2D eigenvalue weighted by atomic mass is 32.1. The molecular weight excluding hydrogens is 224 g/mol. The molecule has 1 aliphatic rings. The quantitative estimate of drug-likeness (QED) is 0.815. The average molecular weight is 240 g/mol. The predicted octanol–water partition coefficient (Wildman–Crippen LogP) is 2.61. The van der Waals surface area contributed by atoms with Gasteiger partial charge in [-0.3, -0.25) is 0 Å². The van der Waals surface area contributed by atoms with Gasteiger partial charge in [0.05, 0.1) is 6.54 Å². The van der Waals surface area contributed by atoms with Crippen molar-refractivity contribution in [3.63, 3.8) is 0 Å². The Bertz CT molecular complexity index is 317. The molecule has 0 saturated heterocycles. The van der Waals surface area contributed by atoms with Crippen LogP contribution < -0.4 is 5.32 Å². The fraction of sp³-hybridized carbons (Fsp3) is 0.545. The van der Waals surface area contributed by atoms with Crippen molar-refractivity contribution in [1.29, 1.82) is 0 Å². The van der Waals surface area contributed by atoms with Gasteiger partial charge in [0, 0.05) is 17.5 Å². The minimum atomic E-state index is 0.648. The molecule has 0 bridgehead atoms. The lowest BCUT2D eigenvalue weighted by molar-refractivity contribution is 0.430. The van der Waals surface area contributed by atoms with Crippen LogP contribution in [0.1, 0.15) is 24.6 Å². The van der Waals surface area contributed by atoms with Crippen molar-refractivity contribution < 1.29 is 0 Å². The summed E-state index contributed by atoms with van der Waals surface area (Å²) in [5.74, 6) is 0. The molecule has 0 atom stereocenters. The van der Waals surface area contributed by atoms with Gasteiger partial charge in [0.1, 0.15) is 0 Å². The third-order valence-electron chi connectivity index (χ3n) is 2.50. The Morgan fingerprint density at radius 3 is 3.00 bits per heavy atom. The van der Waals surface area contributed by atoms with Crippen LogP contribution in [0.4, 0.5) is 0 Å². The van der Waals surface area contributed by atoms with Crippen molar-refractivity contribution >= 4 is 28.7 Å². The van der Waals surface area contributed by atoms with Gasteiger partial charge in [-0.2, -0.15) is 0 Å². The number of thiophene rings is 1. The Kier molecular flexibility index (Phi) is 3.59. The molecule has 1 saturated carbocycles. The van der Waals surface area contributed by atoms with Gasteiger partial charge < -0.3 is 10.2 Å². The van der Waals surface area contributed by atoms with E-state index < -0.39 is 0 Å². The first-order chi connectivity index (χ1) is 7.29. The first kappa shape index (κ1) is 10.9. The van der Waals surface area contributed by atoms with Crippen LogP contribution in [-0.4, -0.2) is 22.6 Å². The van der Waals surface area contributed by atoms with Gasteiger partial charge in [-0.15, -0.1) is 11.3 Å². The minimum Gasteiger partial charge on any atom is -0.360 e. The van der Waals surface area contributed by atoms with Crippen molar-refractivity contribution in [1.82, 2.24) is 10.2 Å². The van der Waals surface area contributed by atoms with Crippen LogP contribution in [0.5, 0.6) is 0 Å². The van der Waals surface area contributed by atoms with Crippen molar-refractivity contribution in [2.75, 3.05) is 6.54 Å². The van der Waals surface area contributed by atoms with E-state index in [2.05, 4.69) is 34.7 Å². The lowest BCUT2D eigenvalue weighted by Crippen LogP contribution is -2.39. The van der Waals surface area contributed by atoms with Gasteiger partial charge in [0.15, 0.2) is 5.11 Å². The average Bonchev–Trinajstić information content (AvgIpc) is 2.89. The van der Waals surface area contributed by atoms with Crippen molar-refractivity contribution in [3.8, 4) is 0 Å². The molecular formula is C11H16N2S2. The van der Waals surface area contributed by atoms with Crippen LogP contribution in [0.25, 0.3) is 0 Å². The van der Waals surface area contributed by atoms with Crippen LogP contribution in [-0.2, 0) is 6.54 Å². The van der Waals surface area contributed by atoms with Gasteiger partial charge in [-0.1, -0.05) is 6.07 Å². The second-order valence-electron chi connectivity index (χ2n) is 3.82. The predicted molar refractivity (Wildman–Crippen MR) is 69.2 cm³/mol. The van der Waals surface area contributed by atoms with Gasteiger partial charge in [0.25, 0.3) is 0 Å². The molecule has 1 aromatic rings. The van der Waals surface area contributed by atoms with Gasteiger partial charge in [0.2, 0.25) is 0 Å². The van der Waals surface area contributed by atoms with E-state index in [0.717, 1.165) is 18.2 Å². The fourth-order valence-corrected chi connectivity index (χ4v) is 2.49. The van der Waals surface area contributed by atoms with E-state index in [-0.39, 0.29) is 0 Å². The second-order valence-corrected chi connectivity index (χ2v) is 5.24. The summed E-state index contributed by atoms with van der Waals surface area (Å²) in [6.45, 7) is 4.05. The summed E-state index contributed by atoms with van der Waals surface area (Å²) in [6, 6.07) is 4.90. The summed E-state index contributed by atoms with van der Waals surface area (Å²) >= 11 is 7.17. The Morgan fingerprint density at radius 2 is 2.47 bits per heavy atom. The lowest BCUT2D eigenvalue weighted by atomic mass is 10.4. The van der Waals surface area contributed by atoms with Gasteiger partial charge in [-0.05, 0) is 43.4 Å². The zero-order valence-electron chi connectivity index (χ0n) is 8.90. The highest BCUT2D eigenvalue weighted by molar-refractivity contribution is 7.80. The van der Waals surface area contributed by atoms with E-state index in [1.807, 2.05) is 0 Å². The molecule has 0 amide bonds. The SMILES string of the molecule is CCN(Cc1cccs1)C(=S)NC1CC1. The standard InChI is InChI=1S/C11H16N2S2/c1-2-13(8-10-4-3-7-15-10)11(14)12-9-5-6-9/h3-4,7,9H,2,5-6,8H2,1H3,(H,12,14). The molecule has 1 heterocycles. The lowest BCUT2D eigenvalue weighted by Gasteiger charge is -2.23. The number of hydrogen-bond donors (Lipinski definition) is 1. The number of thiocarbonyl (C=S) groups is 1. The van der Waals surface area contributed by atoms with E-state index in [0.29, 0.717) is 6.04 Å². The maximum atomic E-state index is 5.38. The number of nitrogens with one attached hydrogen (secondary N) is 1. The van der Waals surface area contributed by atoms with Crippen LogP contribution in [0.15, 0.2) is 17.5 Å². The summed E-state index contributed by atoms with van der Waals surface area (Å²) in [4.78, 5) is 3.59. The normalized spacial score (nSPS) is 15.0. The second kappa shape index (κ2) is 4.94. The maximum Gasteiger partial charge on any atom is 0.169 e. The molecule has 82 valence electrons. The smallest absolute Gasteiger partial charge is 0.169 e. The Balaban J connectivity index is 1.88. The van der Waals surface area contributed by atoms with E-state index in [1.54, 1.807) is 11.3 Å². The van der Waals surface area contributed by atoms with Crippen LogP contribution in [0.3, 0.4) is 0 Å². The minimum absolute atomic E-state index is 0.648. The van der Waals surface area contributed by atoms with Gasteiger partial charge >= 0.3 is 0 Å². The van der Waals surface area contributed by atoms with Crippen LogP contribution in [0, 0.1) is 0 Å². The summed E-state index contributed by atoms with van der Waals surface area (Å²) in [7, 11) is 0. The summed E-state index contributed by atoms with van der Waals surface area (Å²) in [6.07, 6.45) is 2.55. The Morgan fingerprint density at radius 1 is 1.67 bits per heavy atom. The summed E-state index contributed by atoms with van der Waals surface area (Å²) in [5.41, 5.74) is 0. The molecule has 1 aliphatic carbocycles. The molecule has 2 rings (SSSR count). The molecule has 0 aliphatic heterocycles. The molecule has 0 unspecified atom stereocenters. The first-order valence-corrected chi connectivity index (χ1v) is 6.66. The summed E-state index contributed by atoms with van der Waals surface area (Å²) in [5, 5.41) is 6.40. The highest BCUT2D eigenvalue weighted by Gasteiger charge is 2.23. The Labute approximate surface area is 100 Å². The highest BCUT2D eigenvalue weighted by Crippen LogP contribution is 2.19. The van der Waals surface area contributed by atoms with Crippen molar-refractivity contribution in [3.05, 3.63) is 22.4 Å². The zero-order valence-corrected chi connectivity index (χ0v) is 10.5. The fourth-order valence-electron chi connectivity index (χ4n) is 1.41. The topological polar surface area (TPSA) is 15.3 Å². The molecule has 15 heavy (non-hydrogen) atoms. The van der Waals surface area contributed by atoms with E-state index in [9.17, 15) is 0 Å². The Hall–Kier alpha value is -0.610. The molecule has 2 nitrogen and oxygen atoms in total. The third-order valence-corrected chi connectivity index (χ3v) is 3.74. The van der Waals surface area contributed by atoms with E-state index >= 15 is 0 Å². The largest absolute Gasteiger partial charge is 0.360 e. The van der Waals surface area contributed by atoms with E-state index in [1.165, 1.54) is 17.7 Å². The van der Waals surface area contributed by atoms with Crippen molar-refractivity contribution in [2.24, 2.45) is 0 Å².